The second kappa shape index (κ2) is 9.67. The van der Waals surface area contributed by atoms with E-state index in [9.17, 15) is 0 Å². The van der Waals surface area contributed by atoms with Gasteiger partial charge in [0.1, 0.15) is 17.3 Å². The molecule has 7 nitrogen and oxygen atoms in total. The van der Waals surface area contributed by atoms with Gasteiger partial charge in [0.2, 0.25) is 0 Å². The normalized spacial score (nSPS) is 16.5. The van der Waals surface area contributed by atoms with Gasteiger partial charge < -0.3 is 14.0 Å². The maximum Gasteiger partial charge on any atom is 0.124 e. The van der Waals surface area contributed by atoms with Crippen LogP contribution in [-0.2, 0) is 19.5 Å². The average molecular weight is 446 g/mol. The van der Waals surface area contributed by atoms with Gasteiger partial charge in [-0.25, -0.2) is 4.98 Å². The number of methoxy groups -OCH3 is 1. The Labute approximate surface area is 194 Å². The van der Waals surface area contributed by atoms with Gasteiger partial charge in [-0.3, -0.25) is 10.00 Å². The smallest absolute Gasteiger partial charge is 0.124 e. The van der Waals surface area contributed by atoms with Crippen molar-refractivity contribution in [3.05, 3.63) is 71.8 Å². The molecular weight excluding hydrogens is 414 g/mol. The lowest BCUT2D eigenvalue weighted by Crippen LogP contribution is -2.22. The largest absolute Gasteiger partial charge is 0.497 e. The molecule has 0 aliphatic carbocycles. The number of imidazole rings is 1. The summed E-state index contributed by atoms with van der Waals surface area (Å²) in [7, 11) is 1.66. The van der Waals surface area contributed by atoms with Crippen LogP contribution in [0.5, 0.6) is 11.5 Å². The molecule has 2 aromatic heterocycles. The van der Waals surface area contributed by atoms with Crippen LogP contribution in [0.3, 0.4) is 0 Å². The van der Waals surface area contributed by atoms with E-state index in [-0.39, 0.29) is 0 Å². The van der Waals surface area contributed by atoms with E-state index in [0.29, 0.717) is 12.5 Å². The molecule has 1 unspecified atom stereocenters. The maximum absolute atomic E-state index is 5.85. The molecule has 5 rings (SSSR count). The summed E-state index contributed by atoms with van der Waals surface area (Å²) in [4.78, 5) is 7.40. The third-order valence-corrected chi connectivity index (χ3v) is 6.46. The Balaban J connectivity index is 1.15. The molecule has 7 heteroatoms. The zero-order chi connectivity index (χ0) is 22.6. The molecule has 0 radical (unpaired) electrons. The number of hydrogen-bond donors (Lipinski definition) is 1. The van der Waals surface area contributed by atoms with E-state index >= 15 is 0 Å². The first kappa shape index (κ1) is 21.5. The summed E-state index contributed by atoms with van der Waals surface area (Å²) in [6.07, 6.45) is 1.93. The molecule has 1 saturated heterocycles. The van der Waals surface area contributed by atoms with E-state index in [1.807, 2.05) is 24.3 Å². The van der Waals surface area contributed by atoms with Crippen LogP contribution in [0.25, 0.3) is 11.0 Å². The van der Waals surface area contributed by atoms with E-state index in [2.05, 4.69) is 56.9 Å². The van der Waals surface area contributed by atoms with E-state index in [1.54, 1.807) is 7.11 Å². The minimum Gasteiger partial charge on any atom is -0.497 e. The van der Waals surface area contributed by atoms with Crippen molar-refractivity contribution in [1.29, 1.82) is 0 Å². The standard InChI is InChI=1S/C26H31N5O2/c1-3-31-25-7-5-4-6-23(25)27-26(31)18-30-14-12-19(17-30)24-16-20(28-29-24)13-15-33-22-10-8-21(32-2)9-11-22/h4-11,16,19H,3,12-15,17-18H2,1-2H3,(H,28,29). The second-order valence-corrected chi connectivity index (χ2v) is 8.57. The molecule has 172 valence electrons. The highest BCUT2D eigenvalue weighted by atomic mass is 16.5. The SMILES string of the molecule is CCn1c(CN2CCC(c3cc(CCOc4ccc(OC)cc4)[nH]n3)C2)nc2ccccc21. The number of aromatic nitrogens is 4. The lowest BCUT2D eigenvalue weighted by Gasteiger charge is -2.16. The maximum atomic E-state index is 5.85. The van der Waals surface area contributed by atoms with Gasteiger partial charge >= 0.3 is 0 Å². The number of benzene rings is 2. The van der Waals surface area contributed by atoms with Crippen molar-refractivity contribution in [3.8, 4) is 11.5 Å². The van der Waals surface area contributed by atoms with Crippen LogP contribution in [-0.4, -0.2) is 51.5 Å². The summed E-state index contributed by atoms with van der Waals surface area (Å²) in [6.45, 7) is 6.70. The second-order valence-electron chi connectivity index (χ2n) is 8.57. The third-order valence-electron chi connectivity index (χ3n) is 6.46. The molecule has 0 amide bonds. The Morgan fingerprint density at radius 1 is 1.09 bits per heavy atom. The highest BCUT2D eigenvalue weighted by Crippen LogP contribution is 2.28. The molecule has 1 N–H and O–H groups in total. The fraction of sp³-hybridized carbons (Fsp3) is 0.385. The molecule has 0 bridgehead atoms. The van der Waals surface area contributed by atoms with Crippen molar-refractivity contribution in [2.45, 2.75) is 38.8 Å². The Morgan fingerprint density at radius 3 is 2.73 bits per heavy atom. The summed E-state index contributed by atoms with van der Waals surface area (Å²) in [6, 6.07) is 18.3. The number of nitrogens with zero attached hydrogens (tertiary/aromatic N) is 4. The van der Waals surface area contributed by atoms with Crippen molar-refractivity contribution >= 4 is 11.0 Å². The summed E-state index contributed by atoms with van der Waals surface area (Å²) in [5.41, 5.74) is 4.57. The van der Waals surface area contributed by atoms with Crippen LogP contribution >= 0.6 is 0 Å². The minimum absolute atomic E-state index is 0.456. The van der Waals surface area contributed by atoms with Gasteiger partial charge in [-0.2, -0.15) is 5.10 Å². The number of para-hydroxylation sites is 2. The molecule has 1 aliphatic heterocycles. The van der Waals surface area contributed by atoms with Gasteiger partial charge in [-0.15, -0.1) is 0 Å². The molecule has 0 saturated carbocycles. The van der Waals surface area contributed by atoms with E-state index < -0.39 is 0 Å². The molecular formula is C26H31N5O2. The Kier molecular flexibility index (Phi) is 6.30. The van der Waals surface area contributed by atoms with Crippen LogP contribution in [0, 0.1) is 0 Å². The number of rotatable bonds is 9. The minimum atomic E-state index is 0.456. The lowest BCUT2D eigenvalue weighted by molar-refractivity contribution is 0.313. The van der Waals surface area contributed by atoms with Crippen molar-refractivity contribution < 1.29 is 9.47 Å². The Hall–Kier alpha value is -3.32. The third kappa shape index (κ3) is 4.73. The first-order valence-electron chi connectivity index (χ1n) is 11.7. The zero-order valence-corrected chi connectivity index (χ0v) is 19.3. The fourth-order valence-corrected chi connectivity index (χ4v) is 4.68. The first-order valence-corrected chi connectivity index (χ1v) is 11.7. The zero-order valence-electron chi connectivity index (χ0n) is 19.3. The van der Waals surface area contributed by atoms with Crippen molar-refractivity contribution in [2.75, 3.05) is 26.8 Å². The summed E-state index contributed by atoms with van der Waals surface area (Å²) in [5, 5.41) is 7.81. The van der Waals surface area contributed by atoms with E-state index in [1.165, 1.54) is 5.52 Å². The highest BCUT2D eigenvalue weighted by molar-refractivity contribution is 5.75. The number of likely N-dealkylation sites (tertiary alicyclic amines) is 1. The van der Waals surface area contributed by atoms with Gasteiger partial charge in [0.25, 0.3) is 0 Å². The summed E-state index contributed by atoms with van der Waals surface area (Å²) in [5.74, 6) is 3.29. The van der Waals surface area contributed by atoms with Gasteiger partial charge in [0, 0.05) is 31.1 Å². The topological polar surface area (TPSA) is 68.2 Å². The predicted octanol–water partition coefficient (Wildman–Crippen LogP) is 4.40. The fourth-order valence-electron chi connectivity index (χ4n) is 4.68. The number of aryl methyl sites for hydroxylation is 1. The monoisotopic (exact) mass is 445 g/mol. The van der Waals surface area contributed by atoms with Gasteiger partial charge in [0.15, 0.2) is 0 Å². The van der Waals surface area contributed by atoms with Crippen LogP contribution in [0.2, 0.25) is 0 Å². The highest BCUT2D eigenvalue weighted by Gasteiger charge is 2.27. The van der Waals surface area contributed by atoms with Crippen molar-refractivity contribution in [3.63, 3.8) is 0 Å². The van der Waals surface area contributed by atoms with Crippen LogP contribution in [0.15, 0.2) is 54.6 Å². The molecule has 3 heterocycles. The number of ether oxygens (including phenoxy) is 2. The molecule has 0 spiro atoms. The number of nitrogens with one attached hydrogen (secondary N) is 1. The van der Waals surface area contributed by atoms with E-state index in [4.69, 9.17) is 14.5 Å². The quantitative estimate of drug-likeness (QED) is 0.414. The van der Waals surface area contributed by atoms with Crippen molar-refractivity contribution in [1.82, 2.24) is 24.6 Å². The van der Waals surface area contributed by atoms with Crippen molar-refractivity contribution in [2.24, 2.45) is 0 Å². The number of fused-ring (bicyclic) bond motifs is 1. The Bertz CT molecular complexity index is 1200. The first-order chi connectivity index (χ1) is 16.2. The summed E-state index contributed by atoms with van der Waals surface area (Å²) < 4.78 is 13.4. The van der Waals surface area contributed by atoms with Gasteiger partial charge in [-0.1, -0.05) is 12.1 Å². The molecule has 2 aromatic carbocycles. The van der Waals surface area contributed by atoms with Crippen LogP contribution in [0.4, 0.5) is 0 Å². The number of H-pyrrole nitrogens is 1. The van der Waals surface area contributed by atoms with Crippen LogP contribution < -0.4 is 9.47 Å². The van der Waals surface area contributed by atoms with E-state index in [0.717, 1.165) is 73.2 Å². The number of aromatic amines is 1. The summed E-state index contributed by atoms with van der Waals surface area (Å²) >= 11 is 0. The number of hydrogen-bond acceptors (Lipinski definition) is 5. The molecule has 33 heavy (non-hydrogen) atoms. The molecule has 1 fully saturated rings. The molecule has 4 aromatic rings. The molecule has 1 aliphatic rings. The molecule has 1 atom stereocenters. The Morgan fingerprint density at radius 2 is 1.91 bits per heavy atom. The average Bonchev–Trinajstić information content (AvgIpc) is 3.58. The predicted molar refractivity (Wildman–Crippen MR) is 129 cm³/mol. The lowest BCUT2D eigenvalue weighted by atomic mass is 10.0. The van der Waals surface area contributed by atoms with Gasteiger partial charge in [0.05, 0.1) is 37.0 Å². The van der Waals surface area contributed by atoms with Gasteiger partial charge in [-0.05, 0) is 62.4 Å². The van der Waals surface area contributed by atoms with Crippen LogP contribution in [0.1, 0.15) is 36.5 Å².